The minimum atomic E-state index is -1.25. The molecule has 0 unspecified atom stereocenters. The Kier molecular flexibility index (Phi) is 4.41. The lowest BCUT2D eigenvalue weighted by atomic mass is 10.2. The molecule has 2 aliphatic heterocycles. The minimum Gasteiger partial charge on any atom is -0.419 e. The molecule has 0 atom stereocenters. The van der Waals surface area contributed by atoms with Crippen LogP contribution in [0.3, 0.4) is 0 Å². The standard InChI is InChI=1S/C17H19ClN2O4/c1-17(2)23-15(21)12(16(22)24-17)10-19-13-9-11(18)5-6-14(13)20-7-3-4-8-20/h5-6,9-10,19H,3-4,7-8H2,1-2H3. The Balaban J connectivity index is 1.84. The molecule has 0 spiro atoms. The van der Waals surface area contributed by atoms with Crippen LogP contribution < -0.4 is 10.2 Å². The third-order valence-electron chi connectivity index (χ3n) is 3.89. The van der Waals surface area contributed by atoms with Crippen LogP contribution in [0.5, 0.6) is 0 Å². The minimum absolute atomic E-state index is 0.179. The third-order valence-corrected chi connectivity index (χ3v) is 4.13. The monoisotopic (exact) mass is 350 g/mol. The molecule has 128 valence electrons. The van der Waals surface area contributed by atoms with Gasteiger partial charge in [0.15, 0.2) is 5.57 Å². The summed E-state index contributed by atoms with van der Waals surface area (Å²) < 4.78 is 10.1. The van der Waals surface area contributed by atoms with Gasteiger partial charge < -0.3 is 19.7 Å². The van der Waals surface area contributed by atoms with Crippen LogP contribution in [-0.2, 0) is 19.1 Å². The SMILES string of the molecule is CC1(C)OC(=O)C(=CNc2cc(Cl)ccc2N2CCCC2)C(=O)O1. The van der Waals surface area contributed by atoms with Gasteiger partial charge in [0, 0.05) is 38.2 Å². The molecule has 2 aliphatic rings. The summed E-state index contributed by atoms with van der Waals surface area (Å²) in [6.07, 6.45) is 3.58. The molecule has 6 nitrogen and oxygen atoms in total. The topological polar surface area (TPSA) is 67.9 Å². The largest absolute Gasteiger partial charge is 0.419 e. The third kappa shape index (κ3) is 3.48. The van der Waals surface area contributed by atoms with Crippen molar-refractivity contribution in [2.45, 2.75) is 32.5 Å². The first kappa shape index (κ1) is 16.6. The molecular weight excluding hydrogens is 332 g/mol. The van der Waals surface area contributed by atoms with Gasteiger partial charge in [0.25, 0.3) is 5.79 Å². The van der Waals surface area contributed by atoms with Crippen LogP contribution in [0.1, 0.15) is 26.7 Å². The summed E-state index contributed by atoms with van der Waals surface area (Å²) >= 11 is 6.08. The van der Waals surface area contributed by atoms with Gasteiger partial charge in [-0.3, -0.25) is 0 Å². The Labute approximate surface area is 145 Å². The summed E-state index contributed by atoms with van der Waals surface area (Å²) in [6, 6.07) is 5.50. The molecule has 0 aliphatic carbocycles. The first-order chi connectivity index (χ1) is 11.4. The summed E-state index contributed by atoms with van der Waals surface area (Å²) in [5.41, 5.74) is 1.52. The molecule has 2 saturated heterocycles. The van der Waals surface area contributed by atoms with Crippen molar-refractivity contribution < 1.29 is 19.1 Å². The molecule has 24 heavy (non-hydrogen) atoms. The van der Waals surface area contributed by atoms with Crippen LogP contribution in [0.4, 0.5) is 11.4 Å². The highest BCUT2D eigenvalue weighted by molar-refractivity contribution is 6.31. The molecule has 1 aromatic rings. The van der Waals surface area contributed by atoms with Gasteiger partial charge in [0.2, 0.25) is 0 Å². The fourth-order valence-electron chi connectivity index (χ4n) is 2.79. The zero-order chi connectivity index (χ0) is 17.3. The van der Waals surface area contributed by atoms with Crippen molar-refractivity contribution in [1.29, 1.82) is 0 Å². The van der Waals surface area contributed by atoms with Crippen molar-refractivity contribution in [1.82, 2.24) is 0 Å². The zero-order valence-electron chi connectivity index (χ0n) is 13.6. The normalized spacial score (nSPS) is 19.8. The number of benzene rings is 1. The molecule has 2 fully saturated rings. The van der Waals surface area contributed by atoms with Crippen LogP contribution in [0, 0.1) is 0 Å². The quantitative estimate of drug-likeness (QED) is 0.513. The van der Waals surface area contributed by atoms with E-state index in [1.54, 1.807) is 6.07 Å². The molecule has 1 N–H and O–H groups in total. The Morgan fingerprint density at radius 1 is 1.17 bits per heavy atom. The molecule has 0 bridgehead atoms. The van der Waals surface area contributed by atoms with E-state index in [9.17, 15) is 9.59 Å². The van der Waals surface area contributed by atoms with Crippen molar-refractivity contribution >= 4 is 34.9 Å². The van der Waals surface area contributed by atoms with Crippen LogP contribution in [0.2, 0.25) is 5.02 Å². The number of anilines is 2. The van der Waals surface area contributed by atoms with Gasteiger partial charge in [-0.15, -0.1) is 0 Å². The predicted octanol–water partition coefficient (Wildman–Crippen LogP) is 3.07. The lowest BCUT2D eigenvalue weighted by Crippen LogP contribution is -2.42. The molecule has 0 aromatic heterocycles. The zero-order valence-corrected chi connectivity index (χ0v) is 14.4. The highest BCUT2D eigenvalue weighted by Crippen LogP contribution is 2.32. The Morgan fingerprint density at radius 2 is 1.79 bits per heavy atom. The number of carbonyl (C=O) groups is 2. The summed E-state index contributed by atoms with van der Waals surface area (Å²) in [4.78, 5) is 26.2. The van der Waals surface area contributed by atoms with E-state index in [1.807, 2.05) is 12.1 Å². The van der Waals surface area contributed by atoms with E-state index >= 15 is 0 Å². The maximum absolute atomic E-state index is 12.0. The number of nitrogens with one attached hydrogen (secondary N) is 1. The van der Waals surface area contributed by atoms with Gasteiger partial charge >= 0.3 is 11.9 Å². The maximum atomic E-state index is 12.0. The van der Waals surface area contributed by atoms with Gasteiger partial charge in [0.1, 0.15) is 0 Å². The second-order valence-electron chi connectivity index (χ2n) is 6.24. The first-order valence-electron chi connectivity index (χ1n) is 7.84. The molecule has 7 heteroatoms. The average Bonchev–Trinajstić information content (AvgIpc) is 2.99. The van der Waals surface area contributed by atoms with Crippen LogP contribution in [0.25, 0.3) is 0 Å². The second-order valence-corrected chi connectivity index (χ2v) is 6.67. The van der Waals surface area contributed by atoms with Crippen LogP contribution >= 0.6 is 11.6 Å². The van der Waals surface area contributed by atoms with Gasteiger partial charge in [-0.25, -0.2) is 9.59 Å². The lowest BCUT2D eigenvalue weighted by Gasteiger charge is -2.29. The van der Waals surface area contributed by atoms with Crippen molar-refractivity contribution in [3.05, 3.63) is 35.0 Å². The van der Waals surface area contributed by atoms with E-state index in [0.29, 0.717) is 5.02 Å². The number of halogens is 1. The average molecular weight is 351 g/mol. The molecule has 0 saturated carbocycles. The summed E-state index contributed by atoms with van der Waals surface area (Å²) in [7, 11) is 0. The number of rotatable bonds is 3. The van der Waals surface area contributed by atoms with Crippen molar-refractivity contribution in [2.24, 2.45) is 0 Å². The highest BCUT2D eigenvalue weighted by atomic mass is 35.5. The molecular formula is C17H19ClN2O4. The first-order valence-corrected chi connectivity index (χ1v) is 8.21. The number of hydrogen-bond donors (Lipinski definition) is 1. The number of ether oxygens (including phenoxy) is 2. The van der Waals surface area contributed by atoms with E-state index in [4.69, 9.17) is 21.1 Å². The van der Waals surface area contributed by atoms with E-state index in [-0.39, 0.29) is 5.57 Å². The molecule has 0 amide bonds. The second kappa shape index (κ2) is 6.36. The Morgan fingerprint density at radius 3 is 2.42 bits per heavy atom. The molecule has 3 rings (SSSR count). The molecule has 1 aromatic carbocycles. The van der Waals surface area contributed by atoms with Gasteiger partial charge in [-0.2, -0.15) is 0 Å². The number of carbonyl (C=O) groups excluding carboxylic acids is 2. The van der Waals surface area contributed by atoms with Gasteiger partial charge in [0.05, 0.1) is 11.4 Å². The fourth-order valence-corrected chi connectivity index (χ4v) is 2.96. The fraction of sp³-hybridized carbons (Fsp3) is 0.412. The van der Waals surface area contributed by atoms with Crippen LogP contribution in [0.15, 0.2) is 30.0 Å². The summed E-state index contributed by atoms with van der Waals surface area (Å²) in [5, 5.41) is 3.56. The summed E-state index contributed by atoms with van der Waals surface area (Å²) in [6.45, 7) is 4.95. The molecule has 2 heterocycles. The maximum Gasteiger partial charge on any atom is 0.350 e. The number of esters is 2. The van der Waals surface area contributed by atoms with E-state index < -0.39 is 17.7 Å². The van der Waals surface area contributed by atoms with Gasteiger partial charge in [-0.1, -0.05) is 11.6 Å². The Bertz CT molecular complexity index is 687. The summed E-state index contributed by atoms with van der Waals surface area (Å²) in [5.74, 6) is -2.68. The molecule has 0 radical (unpaired) electrons. The number of hydrogen-bond acceptors (Lipinski definition) is 6. The van der Waals surface area contributed by atoms with E-state index in [0.717, 1.165) is 37.3 Å². The van der Waals surface area contributed by atoms with Crippen molar-refractivity contribution in [3.63, 3.8) is 0 Å². The lowest BCUT2D eigenvalue weighted by molar-refractivity contribution is -0.222. The van der Waals surface area contributed by atoms with E-state index in [1.165, 1.54) is 20.0 Å². The van der Waals surface area contributed by atoms with Crippen molar-refractivity contribution in [3.8, 4) is 0 Å². The predicted molar refractivity (Wildman–Crippen MR) is 90.9 cm³/mol. The number of cyclic esters (lactones) is 2. The highest BCUT2D eigenvalue weighted by Gasteiger charge is 2.39. The van der Waals surface area contributed by atoms with E-state index in [2.05, 4.69) is 10.2 Å². The van der Waals surface area contributed by atoms with Crippen LogP contribution in [-0.4, -0.2) is 30.8 Å². The smallest absolute Gasteiger partial charge is 0.350 e. The van der Waals surface area contributed by atoms with Gasteiger partial charge in [-0.05, 0) is 31.0 Å². The number of nitrogens with zero attached hydrogens (tertiary/aromatic N) is 1. The Hall–Kier alpha value is -2.21. The van der Waals surface area contributed by atoms with Crippen molar-refractivity contribution in [2.75, 3.05) is 23.3 Å².